The molecule has 0 bridgehead atoms. The normalized spacial score (nSPS) is 19.6. The molecule has 132 valence electrons. The molecule has 2 aromatic rings. The minimum absolute atomic E-state index is 0.00334. The van der Waals surface area contributed by atoms with Crippen molar-refractivity contribution in [2.45, 2.75) is 58.3 Å². The summed E-state index contributed by atoms with van der Waals surface area (Å²) < 4.78 is 18.3. The Bertz CT molecular complexity index is 685. The molecule has 1 aliphatic heterocycles. The molecule has 5 heteroatoms. The molecule has 4 nitrogen and oxygen atoms in total. The predicted octanol–water partition coefficient (Wildman–Crippen LogP) is 3.91. The Balaban J connectivity index is 1.71. The summed E-state index contributed by atoms with van der Waals surface area (Å²) in [6, 6.07) is 11.9. The van der Waals surface area contributed by atoms with Gasteiger partial charge in [-0.3, -0.25) is 4.98 Å². The van der Waals surface area contributed by atoms with E-state index >= 15 is 0 Å². The topological polar surface area (TPSA) is 40.6 Å². The Morgan fingerprint density at radius 2 is 1.68 bits per heavy atom. The average molecular weight is 339 g/mol. The van der Waals surface area contributed by atoms with E-state index < -0.39 is 0 Å². The van der Waals surface area contributed by atoms with Gasteiger partial charge in [0, 0.05) is 18.0 Å². The summed E-state index contributed by atoms with van der Waals surface area (Å²) in [5.74, 6) is 0.830. The van der Waals surface area contributed by atoms with Crippen LogP contribution in [0.15, 0.2) is 48.8 Å². The van der Waals surface area contributed by atoms with Crippen LogP contribution in [-0.4, -0.2) is 23.3 Å². The number of rotatable bonds is 5. The van der Waals surface area contributed by atoms with Gasteiger partial charge in [-0.15, -0.1) is 0 Å². The molecule has 0 amide bonds. The minimum atomic E-state index is -0.348. The zero-order valence-corrected chi connectivity index (χ0v) is 15.7. The van der Waals surface area contributed by atoms with Gasteiger partial charge in [-0.25, -0.2) is 0 Å². The molecule has 3 rings (SSSR count). The van der Waals surface area contributed by atoms with Gasteiger partial charge in [0.25, 0.3) is 0 Å². The largest absolute Gasteiger partial charge is 0.494 e. The van der Waals surface area contributed by atoms with E-state index in [2.05, 4.69) is 39.6 Å². The van der Waals surface area contributed by atoms with Gasteiger partial charge in [0.05, 0.1) is 11.2 Å². The minimum Gasteiger partial charge on any atom is -0.486 e. The van der Waals surface area contributed by atoms with E-state index in [1.54, 1.807) is 6.20 Å². The van der Waals surface area contributed by atoms with E-state index in [1.165, 1.54) is 0 Å². The zero-order valence-electron chi connectivity index (χ0n) is 15.7. The first kappa shape index (κ1) is 18.0. The fourth-order valence-electron chi connectivity index (χ4n) is 2.80. The lowest BCUT2D eigenvalue weighted by Gasteiger charge is -2.32. The predicted molar refractivity (Wildman–Crippen MR) is 100 cm³/mol. The fourth-order valence-corrected chi connectivity index (χ4v) is 2.80. The van der Waals surface area contributed by atoms with Gasteiger partial charge < -0.3 is 14.0 Å². The highest BCUT2D eigenvalue weighted by molar-refractivity contribution is 6.62. The summed E-state index contributed by atoms with van der Waals surface area (Å²) >= 11 is 0. The molecular formula is C20H26BNO3. The fraction of sp³-hybridized carbons (Fsp3) is 0.450. The van der Waals surface area contributed by atoms with Gasteiger partial charge >= 0.3 is 7.12 Å². The van der Waals surface area contributed by atoms with Crippen LogP contribution in [0.5, 0.6) is 5.75 Å². The van der Waals surface area contributed by atoms with E-state index in [4.69, 9.17) is 14.0 Å². The number of nitrogens with zero attached hydrogens (tertiary/aromatic N) is 1. The smallest absolute Gasteiger partial charge is 0.486 e. The third kappa shape index (κ3) is 3.72. The molecule has 1 unspecified atom stereocenters. The van der Waals surface area contributed by atoms with Crippen LogP contribution >= 0.6 is 0 Å². The van der Waals surface area contributed by atoms with Crippen LogP contribution in [0.1, 0.15) is 52.7 Å². The maximum absolute atomic E-state index is 6.13. The Kier molecular flexibility index (Phi) is 4.89. The van der Waals surface area contributed by atoms with E-state index in [-0.39, 0.29) is 24.4 Å². The molecule has 1 aliphatic rings. The van der Waals surface area contributed by atoms with Crippen molar-refractivity contribution in [3.05, 3.63) is 54.4 Å². The monoisotopic (exact) mass is 339 g/mol. The van der Waals surface area contributed by atoms with Gasteiger partial charge in [0.15, 0.2) is 0 Å². The molecule has 1 aromatic carbocycles. The molecule has 0 N–H and O–H groups in total. The van der Waals surface area contributed by atoms with Gasteiger partial charge in [-0.2, -0.15) is 0 Å². The van der Waals surface area contributed by atoms with Crippen LogP contribution in [0.3, 0.4) is 0 Å². The third-order valence-corrected chi connectivity index (χ3v) is 5.11. The summed E-state index contributed by atoms with van der Waals surface area (Å²) in [5, 5.41) is 0. The standard InChI is InChI=1S/C20H26BNO3/c1-6-18(15-8-7-13-22-14-15)23-17-11-9-16(10-12-17)21-24-19(2,3)20(4,5)25-21/h7-14,18H,6H2,1-5H3. The first-order chi connectivity index (χ1) is 11.8. The van der Waals surface area contributed by atoms with Crippen molar-refractivity contribution in [2.24, 2.45) is 0 Å². The van der Waals surface area contributed by atoms with Crippen LogP contribution in [0.25, 0.3) is 0 Å². The second kappa shape index (κ2) is 6.81. The molecule has 0 spiro atoms. The van der Waals surface area contributed by atoms with Crippen molar-refractivity contribution in [1.82, 2.24) is 4.98 Å². The summed E-state index contributed by atoms with van der Waals surface area (Å²) in [4.78, 5) is 4.18. The molecular weight excluding hydrogens is 313 g/mol. The second-order valence-corrected chi connectivity index (χ2v) is 7.46. The maximum Gasteiger partial charge on any atom is 0.494 e. The van der Waals surface area contributed by atoms with Crippen molar-refractivity contribution in [1.29, 1.82) is 0 Å². The Hall–Kier alpha value is -1.85. The number of ether oxygens (including phenoxy) is 1. The number of hydrogen-bond acceptors (Lipinski definition) is 4. The average Bonchev–Trinajstić information content (AvgIpc) is 2.82. The van der Waals surface area contributed by atoms with Crippen molar-refractivity contribution in [3.63, 3.8) is 0 Å². The van der Waals surface area contributed by atoms with Gasteiger partial charge in [0.2, 0.25) is 0 Å². The molecule has 1 fully saturated rings. The Morgan fingerprint density at radius 1 is 1.04 bits per heavy atom. The lowest BCUT2D eigenvalue weighted by Crippen LogP contribution is -2.41. The van der Waals surface area contributed by atoms with Crippen molar-refractivity contribution < 1.29 is 14.0 Å². The molecule has 1 aromatic heterocycles. The van der Waals surface area contributed by atoms with Gasteiger partial charge in [-0.1, -0.05) is 25.1 Å². The molecule has 0 aliphatic carbocycles. The van der Waals surface area contributed by atoms with Crippen molar-refractivity contribution in [2.75, 3.05) is 0 Å². The number of aromatic nitrogens is 1. The molecule has 0 radical (unpaired) electrons. The quantitative estimate of drug-likeness (QED) is 0.775. The van der Waals surface area contributed by atoms with E-state index in [0.29, 0.717) is 0 Å². The van der Waals surface area contributed by atoms with Crippen LogP contribution in [-0.2, 0) is 9.31 Å². The molecule has 1 atom stereocenters. The highest BCUT2D eigenvalue weighted by atomic mass is 16.7. The van der Waals surface area contributed by atoms with Crippen LogP contribution in [0.2, 0.25) is 0 Å². The third-order valence-electron chi connectivity index (χ3n) is 5.11. The Labute approximate surface area is 150 Å². The lowest BCUT2D eigenvalue weighted by molar-refractivity contribution is 0.00578. The molecule has 2 heterocycles. The number of hydrogen-bond donors (Lipinski definition) is 0. The number of benzene rings is 1. The highest BCUT2D eigenvalue weighted by Gasteiger charge is 2.51. The first-order valence-electron chi connectivity index (χ1n) is 8.84. The van der Waals surface area contributed by atoms with Crippen molar-refractivity contribution >= 4 is 12.6 Å². The van der Waals surface area contributed by atoms with Gasteiger partial charge in [-0.05, 0) is 57.8 Å². The van der Waals surface area contributed by atoms with Crippen LogP contribution in [0.4, 0.5) is 0 Å². The van der Waals surface area contributed by atoms with Crippen molar-refractivity contribution in [3.8, 4) is 5.75 Å². The van der Waals surface area contributed by atoms with Crippen LogP contribution in [0, 0.1) is 0 Å². The molecule has 0 saturated carbocycles. The maximum atomic E-state index is 6.13. The first-order valence-corrected chi connectivity index (χ1v) is 8.84. The lowest BCUT2D eigenvalue weighted by atomic mass is 9.79. The van der Waals surface area contributed by atoms with Crippen LogP contribution < -0.4 is 10.2 Å². The number of pyridine rings is 1. The highest BCUT2D eigenvalue weighted by Crippen LogP contribution is 2.36. The van der Waals surface area contributed by atoms with E-state index in [0.717, 1.165) is 23.2 Å². The van der Waals surface area contributed by atoms with E-state index in [9.17, 15) is 0 Å². The zero-order chi connectivity index (χ0) is 18.1. The van der Waals surface area contributed by atoms with E-state index in [1.807, 2.05) is 42.6 Å². The van der Waals surface area contributed by atoms with Gasteiger partial charge in [0.1, 0.15) is 11.9 Å². The Morgan fingerprint density at radius 3 is 2.20 bits per heavy atom. The second-order valence-electron chi connectivity index (χ2n) is 7.46. The SMILES string of the molecule is CCC(Oc1ccc(B2OC(C)(C)C(C)(C)O2)cc1)c1cccnc1. The molecule has 1 saturated heterocycles. The summed E-state index contributed by atoms with van der Waals surface area (Å²) in [7, 11) is -0.348. The summed E-state index contributed by atoms with van der Waals surface area (Å²) in [5.41, 5.74) is 1.42. The summed E-state index contributed by atoms with van der Waals surface area (Å²) in [6.45, 7) is 10.3. The summed E-state index contributed by atoms with van der Waals surface area (Å²) in [6.07, 6.45) is 4.50. The molecule has 25 heavy (non-hydrogen) atoms.